The topological polar surface area (TPSA) is 64.4 Å². The van der Waals surface area contributed by atoms with Crippen molar-refractivity contribution in [3.63, 3.8) is 0 Å². The molecule has 2 atom stereocenters. The first kappa shape index (κ1) is 18.7. The number of benzene rings is 1. The number of fused-ring (bicyclic) bond motifs is 1. The monoisotopic (exact) mass is 381 g/mol. The van der Waals surface area contributed by atoms with Crippen molar-refractivity contribution in [2.75, 3.05) is 13.7 Å². The molecule has 0 radical (unpaired) electrons. The third-order valence-corrected chi connectivity index (χ3v) is 6.17. The highest BCUT2D eigenvalue weighted by Gasteiger charge is 2.37. The maximum atomic E-state index is 13.5. The van der Waals surface area contributed by atoms with Gasteiger partial charge < -0.3 is 9.64 Å². The Balaban J connectivity index is 1.76. The molecule has 1 aliphatic carbocycles. The van der Waals surface area contributed by atoms with E-state index in [1.54, 1.807) is 0 Å². The zero-order chi connectivity index (χ0) is 19.7. The highest BCUT2D eigenvalue weighted by atomic mass is 16.5. The lowest BCUT2D eigenvalue weighted by Gasteiger charge is -2.44. The lowest BCUT2D eigenvalue weighted by Crippen LogP contribution is -2.50. The Morgan fingerprint density at radius 3 is 2.68 bits per heavy atom. The van der Waals surface area contributed by atoms with Crippen molar-refractivity contribution in [3.05, 3.63) is 51.9 Å². The van der Waals surface area contributed by atoms with Gasteiger partial charge in [-0.25, -0.2) is 0 Å². The normalized spacial score (nSPS) is 21.9. The van der Waals surface area contributed by atoms with Crippen molar-refractivity contribution < 1.29 is 9.53 Å². The number of likely N-dealkylation sites (tertiary alicyclic amines) is 1. The molecule has 0 spiro atoms. The van der Waals surface area contributed by atoms with Gasteiger partial charge in [0.25, 0.3) is 11.5 Å². The number of hydrogen-bond donors (Lipinski definition) is 0. The standard InChI is InChI=1S/C22H27N3O3/c1-15-8-3-5-11-17(15)25-20(26)14-19(28-2)21(23-25)22(27)24-13-7-10-16-9-4-6-12-18(16)24/h3,5,8,11,14,16,18H,4,6-7,9-10,12-13H2,1-2H3/t16-,18-/m1/s1. The van der Waals surface area contributed by atoms with Gasteiger partial charge in [-0.05, 0) is 50.2 Å². The van der Waals surface area contributed by atoms with Crippen LogP contribution in [-0.2, 0) is 0 Å². The van der Waals surface area contributed by atoms with Crippen molar-refractivity contribution in [2.24, 2.45) is 5.92 Å². The minimum absolute atomic E-state index is 0.129. The smallest absolute Gasteiger partial charge is 0.278 e. The van der Waals surface area contributed by atoms with Crippen LogP contribution < -0.4 is 10.3 Å². The Morgan fingerprint density at radius 2 is 1.89 bits per heavy atom. The molecule has 148 valence electrons. The summed E-state index contributed by atoms with van der Waals surface area (Å²) in [6.07, 6.45) is 6.88. The first-order valence-corrected chi connectivity index (χ1v) is 10.2. The number of ether oxygens (including phenoxy) is 1. The summed E-state index contributed by atoms with van der Waals surface area (Å²) in [5.41, 5.74) is 1.51. The van der Waals surface area contributed by atoms with Gasteiger partial charge in [0.2, 0.25) is 0 Å². The van der Waals surface area contributed by atoms with Gasteiger partial charge in [0.1, 0.15) is 0 Å². The van der Waals surface area contributed by atoms with E-state index >= 15 is 0 Å². The lowest BCUT2D eigenvalue weighted by atomic mass is 9.78. The number of aryl methyl sites for hydroxylation is 1. The van der Waals surface area contributed by atoms with Gasteiger partial charge in [-0.1, -0.05) is 31.0 Å². The molecule has 6 heteroatoms. The molecule has 1 aromatic carbocycles. The summed E-state index contributed by atoms with van der Waals surface area (Å²) in [5.74, 6) is 0.702. The molecule has 2 fully saturated rings. The van der Waals surface area contributed by atoms with Crippen molar-refractivity contribution in [1.82, 2.24) is 14.7 Å². The second kappa shape index (κ2) is 7.78. The van der Waals surface area contributed by atoms with Crippen LogP contribution in [0.25, 0.3) is 5.69 Å². The average Bonchev–Trinajstić information content (AvgIpc) is 2.73. The molecule has 1 amide bonds. The summed E-state index contributed by atoms with van der Waals surface area (Å²) >= 11 is 0. The molecule has 0 bridgehead atoms. The summed E-state index contributed by atoms with van der Waals surface area (Å²) in [6, 6.07) is 9.18. The zero-order valence-corrected chi connectivity index (χ0v) is 16.6. The highest BCUT2D eigenvalue weighted by Crippen LogP contribution is 2.36. The zero-order valence-electron chi connectivity index (χ0n) is 16.6. The van der Waals surface area contributed by atoms with Crippen LogP contribution in [0.1, 0.15) is 54.6 Å². The molecule has 2 aromatic rings. The van der Waals surface area contributed by atoms with Crippen LogP contribution in [0.4, 0.5) is 0 Å². The minimum Gasteiger partial charge on any atom is -0.494 e. The lowest BCUT2D eigenvalue weighted by molar-refractivity contribution is 0.0380. The first-order valence-electron chi connectivity index (χ1n) is 10.2. The van der Waals surface area contributed by atoms with Crippen LogP contribution in [0.5, 0.6) is 5.75 Å². The fourth-order valence-electron chi connectivity index (χ4n) is 4.73. The fraction of sp³-hybridized carbons (Fsp3) is 0.500. The third kappa shape index (κ3) is 3.32. The molecule has 6 nitrogen and oxygen atoms in total. The predicted octanol–water partition coefficient (Wildman–Crippen LogP) is 3.34. The molecular weight excluding hydrogens is 354 g/mol. The van der Waals surface area contributed by atoms with E-state index in [4.69, 9.17) is 4.74 Å². The predicted molar refractivity (Wildman–Crippen MR) is 107 cm³/mol. The van der Waals surface area contributed by atoms with Gasteiger partial charge in [-0.2, -0.15) is 9.78 Å². The average molecular weight is 381 g/mol. The van der Waals surface area contributed by atoms with Crippen LogP contribution in [0.2, 0.25) is 0 Å². The highest BCUT2D eigenvalue weighted by molar-refractivity contribution is 5.95. The van der Waals surface area contributed by atoms with Crippen molar-refractivity contribution >= 4 is 5.91 Å². The van der Waals surface area contributed by atoms with Gasteiger partial charge >= 0.3 is 0 Å². The summed E-state index contributed by atoms with van der Waals surface area (Å²) in [6.45, 7) is 2.67. The number of para-hydroxylation sites is 1. The van der Waals surface area contributed by atoms with Crippen LogP contribution in [0.3, 0.4) is 0 Å². The number of hydrogen-bond acceptors (Lipinski definition) is 4. The van der Waals surface area contributed by atoms with Gasteiger partial charge in [-0.15, -0.1) is 0 Å². The summed E-state index contributed by atoms with van der Waals surface area (Å²) in [7, 11) is 1.48. The van der Waals surface area contributed by atoms with E-state index in [9.17, 15) is 9.59 Å². The number of methoxy groups -OCH3 is 1. The van der Waals surface area contributed by atoms with Crippen molar-refractivity contribution in [2.45, 2.75) is 51.5 Å². The third-order valence-electron chi connectivity index (χ3n) is 6.17. The van der Waals surface area contributed by atoms with E-state index < -0.39 is 0 Å². The van der Waals surface area contributed by atoms with E-state index in [1.165, 1.54) is 37.1 Å². The molecular formula is C22H27N3O3. The van der Waals surface area contributed by atoms with E-state index in [0.29, 0.717) is 11.6 Å². The summed E-state index contributed by atoms with van der Waals surface area (Å²) < 4.78 is 6.68. The number of piperidine rings is 1. The van der Waals surface area contributed by atoms with Crippen LogP contribution in [-0.4, -0.2) is 40.3 Å². The fourth-order valence-corrected chi connectivity index (χ4v) is 4.73. The van der Waals surface area contributed by atoms with Gasteiger partial charge in [0, 0.05) is 12.6 Å². The Labute approximate surface area is 165 Å². The Bertz CT molecular complexity index is 935. The second-order valence-electron chi connectivity index (χ2n) is 7.85. The molecule has 1 aliphatic heterocycles. The van der Waals surface area contributed by atoms with Crippen LogP contribution in [0, 0.1) is 12.8 Å². The number of amides is 1. The first-order chi connectivity index (χ1) is 13.6. The maximum Gasteiger partial charge on any atom is 0.278 e. The number of carbonyl (C=O) groups excluding carboxylic acids is 1. The van der Waals surface area contributed by atoms with Crippen molar-refractivity contribution in [3.8, 4) is 11.4 Å². The van der Waals surface area contributed by atoms with Crippen molar-refractivity contribution in [1.29, 1.82) is 0 Å². The quantitative estimate of drug-likeness (QED) is 0.818. The number of carbonyl (C=O) groups is 1. The molecule has 2 heterocycles. The minimum atomic E-state index is -0.308. The van der Waals surface area contributed by atoms with E-state index in [-0.39, 0.29) is 29.0 Å². The molecule has 0 N–H and O–H groups in total. The Kier molecular flexibility index (Phi) is 5.20. The van der Waals surface area contributed by atoms with E-state index in [1.807, 2.05) is 36.1 Å². The van der Waals surface area contributed by atoms with E-state index in [2.05, 4.69) is 5.10 Å². The molecule has 28 heavy (non-hydrogen) atoms. The Morgan fingerprint density at radius 1 is 1.14 bits per heavy atom. The molecule has 1 aromatic heterocycles. The molecule has 2 aliphatic rings. The van der Waals surface area contributed by atoms with Gasteiger partial charge in [0.15, 0.2) is 11.4 Å². The van der Waals surface area contributed by atoms with Gasteiger partial charge in [0.05, 0.1) is 18.9 Å². The van der Waals surface area contributed by atoms with Gasteiger partial charge in [-0.3, -0.25) is 9.59 Å². The number of rotatable bonds is 3. The molecule has 0 unspecified atom stereocenters. The number of nitrogens with zero attached hydrogens (tertiary/aromatic N) is 3. The van der Waals surface area contributed by atoms with Crippen LogP contribution >= 0.6 is 0 Å². The van der Waals surface area contributed by atoms with E-state index in [0.717, 1.165) is 31.4 Å². The summed E-state index contributed by atoms with van der Waals surface area (Å²) in [4.78, 5) is 28.1. The number of aromatic nitrogens is 2. The summed E-state index contributed by atoms with van der Waals surface area (Å²) in [5, 5.41) is 4.47. The molecule has 1 saturated heterocycles. The second-order valence-corrected chi connectivity index (χ2v) is 7.85. The molecule has 4 rings (SSSR count). The maximum absolute atomic E-state index is 13.5. The largest absolute Gasteiger partial charge is 0.494 e. The SMILES string of the molecule is COc1cc(=O)n(-c2ccccc2C)nc1C(=O)N1CCC[C@H]2CCCC[C@H]21. The molecule has 1 saturated carbocycles. The van der Waals surface area contributed by atoms with Crippen LogP contribution in [0.15, 0.2) is 35.1 Å². The Hall–Kier alpha value is -2.63.